The predicted molar refractivity (Wildman–Crippen MR) is 109 cm³/mol. The average molecular weight is 441 g/mol. The van der Waals surface area contributed by atoms with Crippen LogP contribution in [0.2, 0.25) is 0 Å². The normalized spacial score (nSPS) is 20.2. The van der Waals surface area contributed by atoms with E-state index in [1.165, 1.54) is 12.1 Å². The molecule has 0 bridgehead atoms. The molecule has 27 heavy (non-hydrogen) atoms. The minimum atomic E-state index is -3.87. The molecule has 0 unspecified atom stereocenters. The first-order valence-electron chi connectivity index (χ1n) is 8.46. The summed E-state index contributed by atoms with van der Waals surface area (Å²) in [5, 5.41) is 11.5. The van der Waals surface area contributed by atoms with Gasteiger partial charge in [-0.1, -0.05) is 0 Å². The summed E-state index contributed by atoms with van der Waals surface area (Å²) in [6.45, 7) is 4.12. The molecule has 8 nitrogen and oxygen atoms in total. The lowest BCUT2D eigenvalue weighted by atomic mass is 10.1. The molecule has 4 N–H and O–H groups in total. The smallest absolute Gasteiger partial charge is 0.253 e. The van der Waals surface area contributed by atoms with E-state index < -0.39 is 10.0 Å². The van der Waals surface area contributed by atoms with Crippen molar-refractivity contribution >= 4 is 46.4 Å². The van der Waals surface area contributed by atoms with Crippen LogP contribution >= 0.6 is 24.8 Å². The molecule has 1 amide bonds. The number of anilines is 1. The van der Waals surface area contributed by atoms with Crippen molar-refractivity contribution in [3.63, 3.8) is 0 Å². The van der Waals surface area contributed by atoms with Crippen LogP contribution in [-0.2, 0) is 14.8 Å². The molecule has 2 aliphatic heterocycles. The molecule has 154 valence electrons. The number of sulfonamides is 1. The highest BCUT2D eigenvalue weighted by Crippen LogP contribution is 2.25. The largest absolute Gasteiger partial charge is 0.378 e. The number of nitrogens with zero attached hydrogens (tertiary/aromatic N) is 1. The standard InChI is InChI=1S/C16H24N4O4S.2ClH/c17-25(22,23)13-3-4-15(20-6-8-24-9-7-20)14(10-13)16(21)19-12-2-1-5-18-11-12;;/h3-4,10,12,18H,1-2,5-9,11H2,(H,19,21)(H2,17,22,23);2*1H/t12-;;/m0../s1. The van der Waals surface area contributed by atoms with Crippen molar-refractivity contribution in [3.05, 3.63) is 23.8 Å². The highest BCUT2D eigenvalue weighted by molar-refractivity contribution is 7.89. The number of morpholine rings is 1. The van der Waals surface area contributed by atoms with Crippen LogP contribution < -0.4 is 20.7 Å². The van der Waals surface area contributed by atoms with Crippen molar-refractivity contribution in [1.29, 1.82) is 0 Å². The summed E-state index contributed by atoms with van der Waals surface area (Å²) in [7, 11) is -3.87. The number of rotatable bonds is 4. The van der Waals surface area contributed by atoms with Crippen LogP contribution in [0.15, 0.2) is 23.1 Å². The Balaban J connectivity index is 0.00000182. The first-order valence-corrected chi connectivity index (χ1v) is 10.0. The van der Waals surface area contributed by atoms with Crippen LogP contribution in [0.4, 0.5) is 5.69 Å². The van der Waals surface area contributed by atoms with E-state index in [0.29, 0.717) is 44.1 Å². The molecule has 0 saturated carbocycles. The van der Waals surface area contributed by atoms with E-state index >= 15 is 0 Å². The zero-order valence-electron chi connectivity index (χ0n) is 14.8. The Kier molecular flexibility index (Phi) is 9.26. The minimum Gasteiger partial charge on any atom is -0.378 e. The Labute approximate surface area is 172 Å². The van der Waals surface area contributed by atoms with Gasteiger partial charge in [0, 0.05) is 31.4 Å². The van der Waals surface area contributed by atoms with Gasteiger partial charge in [-0.25, -0.2) is 13.6 Å². The molecule has 0 radical (unpaired) electrons. The average Bonchev–Trinajstić information content (AvgIpc) is 2.62. The molecule has 0 spiro atoms. The number of hydrogen-bond acceptors (Lipinski definition) is 6. The van der Waals surface area contributed by atoms with Gasteiger partial charge in [-0.15, -0.1) is 24.8 Å². The van der Waals surface area contributed by atoms with Gasteiger partial charge >= 0.3 is 0 Å². The summed E-state index contributed by atoms with van der Waals surface area (Å²) in [5.74, 6) is -0.277. The van der Waals surface area contributed by atoms with Crippen LogP contribution in [0.5, 0.6) is 0 Å². The van der Waals surface area contributed by atoms with Crippen LogP contribution in [0.1, 0.15) is 23.2 Å². The van der Waals surface area contributed by atoms with E-state index in [1.54, 1.807) is 6.07 Å². The summed E-state index contributed by atoms with van der Waals surface area (Å²) in [4.78, 5) is 14.8. The molecule has 0 aliphatic carbocycles. The lowest BCUT2D eigenvalue weighted by Gasteiger charge is -2.31. The number of nitrogens with two attached hydrogens (primary N) is 1. The molecule has 1 aromatic carbocycles. The topological polar surface area (TPSA) is 114 Å². The van der Waals surface area contributed by atoms with E-state index in [2.05, 4.69) is 10.6 Å². The molecule has 3 rings (SSSR count). The van der Waals surface area contributed by atoms with Crippen molar-refractivity contribution in [2.24, 2.45) is 5.14 Å². The number of hydrogen-bond donors (Lipinski definition) is 3. The van der Waals surface area contributed by atoms with E-state index in [4.69, 9.17) is 9.88 Å². The fraction of sp³-hybridized carbons (Fsp3) is 0.562. The maximum atomic E-state index is 12.8. The van der Waals surface area contributed by atoms with Crippen LogP contribution in [0.3, 0.4) is 0 Å². The van der Waals surface area contributed by atoms with Gasteiger partial charge in [-0.05, 0) is 37.6 Å². The molecular formula is C16H26Cl2N4O4S. The van der Waals surface area contributed by atoms with E-state index in [0.717, 1.165) is 19.4 Å². The second-order valence-electron chi connectivity index (χ2n) is 6.34. The molecule has 11 heteroatoms. The van der Waals surface area contributed by atoms with Gasteiger partial charge in [0.1, 0.15) is 0 Å². The zero-order valence-corrected chi connectivity index (χ0v) is 17.3. The van der Waals surface area contributed by atoms with E-state index in [1.807, 2.05) is 4.90 Å². The summed E-state index contributed by atoms with van der Waals surface area (Å²) >= 11 is 0. The van der Waals surface area contributed by atoms with Crippen LogP contribution in [0.25, 0.3) is 0 Å². The van der Waals surface area contributed by atoms with Crippen molar-refractivity contribution in [2.75, 3.05) is 44.3 Å². The highest BCUT2D eigenvalue weighted by Gasteiger charge is 2.24. The number of nitrogens with one attached hydrogen (secondary N) is 2. The molecule has 0 aromatic heterocycles. The van der Waals surface area contributed by atoms with Crippen molar-refractivity contribution in [1.82, 2.24) is 10.6 Å². The number of benzene rings is 1. The Morgan fingerprint density at radius 3 is 2.56 bits per heavy atom. The maximum absolute atomic E-state index is 12.8. The minimum absolute atomic E-state index is 0. The number of piperidine rings is 1. The number of carbonyl (C=O) groups excluding carboxylic acids is 1. The van der Waals surface area contributed by atoms with Crippen molar-refractivity contribution < 1.29 is 17.9 Å². The number of halogens is 2. The highest BCUT2D eigenvalue weighted by atomic mass is 35.5. The van der Waals surface area contributed by atoms with Gasteiger partial charge < -0.3 is 20.3 Å². The maximum Gasteiger partial charge on any atom is 0.253 e. The van der Waals surface area contributed by atoms with Crippen molar-refractivity contribution in [3.8, 4) is 0 Å². The number of amides is 1. The zero-order chi connectivity index (χ0) is 17.9. The fourth-order valence-electron chi connectivity index (χ4n) is 3.19. The Hall–Kier alpha value is -1.10. The van der Waals surface area contributed by atoms with Crippen LogP contribution in [-0.4, -0.2) is 59.8 Å². The third-order valence-electron chi connectivity index (χ3n) is 4.53. The lowest BCUT2D eigenvalue weighted by Crippen LogP contribution is -2.46. The summed E-state index contributed by atoms with van der Waals surface area (Å²) < 4.78 is 28.7. The quantitative estimate of drug-likeness (QED) is 0.627. The molecule has 2 aliphatic rings. The Bertz CT molecular complexity index is 736. The first kappa shape index (κ1) is 23.9. The molecule has 1 atom stereocenters. The SMILES string of the molecule is Cl.Cl.NS(=O)(=O)c1ccc(N2CCOCC2)c(C(=O)N[C@H]2CCCNC2)c1. The van der Waals surface area contributed by atoms with Gasteiger partial charge in [0.2, 0.25) is 10.0 Å². The number of carbonyl (C=O) groups is 1. The fourth-order valence-corrected chi connectivity index (χ4v) is 3.73. The van der Waals surface area contributed by atoms with Gasteiger partial charge in [-0.2, -0.15) is 0 Å². The first-order chi connectivity index (χ1) is 11.9. The van der Waals surface area contributed by atoms with Gasteiger partial charge in [0.15, 0.2) is 0 Å². The summed E-state index contributed by atoms with van der Waals surface area (Å²) in [6.07, 6.45) is 1.90. The van der Waals surface area contributed by atoms with Gasteiger partial charge in [0.05, 0.1) is 23.7 Å². The van der Waals surface area contributed by atoms with Crippen LogP contribution in [0, 0.1) is 0 Å². The number of ether oxygens (including phenoxy) is 1. The van der Waals surface area contributed by atoms with Crippen molar-refractivity contribution in [2.45, 2.75) is 23.8 Å². The third-order valence-corrected chi connectivity index (χ3v) is 5.44. The second kappa shape index (κ2) is 10.4. The Morgan fingerprint density at radius 1 is 1.26 bits per heavy atom. The molecule has 2 saturated heterocycles. The predicted octanol–water partition coefficient (Wildman–Crippen LogP) is 0.496. The van der Waals surface area contributed by atoms with Gasteiger partial charge in [-0.3, -0.25) is 4.79 Å². The summed E-state index contributed by atoms with van der Waals surface area (Å²) in [5.41, 5.74) is 1.04. The number of primary sulfonamides is 1. The molecular weight excluding hydrogens is 415 g/mol. The monoisotopic (exact) mass is 440 g/mol. The Morgan fingerprint density at radius 2 is 1.96 bits per heavy atom. The second-order valence-corrected chi connectivity index (χ2v) is 7.90. The summed E-state index contributed by atoms with van der Waals surface area (Å²) in [6, 6.07) is 4.50. The van der Waals surface area contributed by atoms with E-state index in [9.17, 15) is 13.2 Å². The molecule has 1 aromatic rings. The molecule has 2 heterocycles. The third kappa shape index (κ3) is 6.20. The molecule has 2 fully saturated rings. The van der Waals surface area contributed by atoms with Gasteiger partial charge in [0.25, 0.3) is 5.91 Å². The van der Waals surface area contributed by atoms with E-state index in [-0.39, 0.29) is 41.7 Å². The lowest BCUT2D eigenvalue weighted by molar-refractivity contribution is 0.0929.